The number of aliphatic hydroxyl groups excluding tert-OH is 1. The summed E-state index contributed by atoms with van der Waals surface area (Å²) >= 11 is 0. The van der Waals surface area contributed by atoms with Crippen molar-refractivity contribution in [3.8, 4) is 0 Å². The lowest BCUT2D eigenvalue weighted by atomic mass is 9.99. The van der Waals surface area contributed by atoms with E-state index in [0.717, 1.165) is 0 Å². The van der Waals surface area contributed by atoms with E-state index >= 15 is 0 Å². The molecule has 0 aromatic heterocycles. The van der Waals surface area contributed by atoms with Crippen molar-refractivity contribution in [3.05, 3.63) is 0 Å². The molecule has 1 heterocycles. The third-order valence-electron chi connectivity index (χ3n) is 2.43. The minimum Gasteiger partial charge on any atom is -0.396 e. The van der Waals surface area contributed by atoms with Crippen LogP contribution in [-0.2, 0) is 9.53 Å². The van der Waals surface area contributed by atoms with Crippen molar-refractivity contribution in [2.45, 2.75) is 18.9 Å². The monoisotopic (exact) mass is 202 g/mol. The van der Waals surface area contributed by atoms with Crippen LogP contribution in [0.25, 0.3) is 0 Å². The maximum Gasteiger partial charge on any atom is 0.242 e. The Kier molecular flexibility index (Phi) is 3.86. The molecule has 1 amide bonds. The highest BCUT2D eigenvalue weighted by atomic mass is 16.5. The summed E-state index contributed by atoms with van der Waals surface area (Å²) in [6.45, 7) is 3.20. The van der Waals surface area contributed by atoms with Gasteiger partial charge in [0, 0.05) is 19.8 Å². The van der Waals surface area contributed by atoms with Gasteiger partial charge in [0.25, 0.3) is 0 Å². The van der Waals surface area contributed by atoms with Crippen LogP contribution in [0.4, 0.5) is 0 Å². The molecule has 1 aliphatic rings. The lowest BCUT2D eigenvalue weighted by Gasteiger charge is -2.21. The number of rotatable bonds is 4. The van der Waals surface area contributed by atoms with Crippen LogP contribution >= 0.6 is 0 Å². The number of ether oxygens (including phenoxy) is 1. The van der Waals surface area contributed by atoms with Crippen molar-refractivity contribution < 1.29 is 14.6 Å². The molecule has 5 heteroatoms. The number of carbonyl (C=O) groups is 1. The van der Waals surface area contributed by atoms with Crippen molar-refractivity contribution in [3.63, 3.8) is 0 Å². The Bertz CT molecular complexity index is 202. The molecular formula is C9H18N2O3. The van der Waals surface area contributed by atoms with Gasteiger partial charge in [0.15, 0.2) is 0 Å². The van der Waals surface area contributed by atoms with E-state index in [4.69, 9.17) is 15.6 Å². The maximum absolute atomic E-state index is 11.6. The Morgan fingerprint density at radius 1 is 1.79 bits per heavy atom. The van der Waals surface area contributed by atoms with Crippen LogP contribution in [-0.4, -0.2) is 42.9 Å². The lowest BCUT2D eigenvalue weighted by molar-refractivity contribution is -0.126. The van der Waals surface area contributed by atoms with Crippen molar-refractivity contribution >= 4 is 5.91 Å². The van der Waals surface area contributed by atoms with Gasteiger partial charge >= 0.3 is 0 Å². The minimum atomic E-state index is -0.866. The SMILES string of the molecule is CC(CO)CNC(=O)C1(N)CCOC1. The molecule has 0 radical (unpaired) electrons. The highest BCUT2D eigenvalue weighted by Gasteiger charge is 2.37. The molecule has 2 atom stereocenters. The average Bonchev–Trinajstić information content (AvgIpc) is 2.62. The smallest absolute Gasteiger partial charge is 0.242 e. The maximum atomic E-state index is 11.6. The van der Waals surface area contributed by atoms with E-state index in [1.807, 2.05) is 6.92 Å². The zero-order valence-corrected chi connectivity index (χ0v) is 8.45. The molecule has 0 saturated carbocycles. The fourth-order valence-corrected chi connectivity index (χ4v) is 1.27. The summed E-state index contributed by atoms with van der Waals surface area (Å²) in [6.07, 6.45) is 0.562. The highest BCUT2D eigenvalue weighted by Crippen LogP contribution is 2.15. The van der Waals surface area contributed by atoms with Crippen molar-refractivity contribution in [1.29, 1.82) is 0 Å². The third kappa shape index (κ3) is 2.67. The van der Waals surface area contributed by atoms with Crippen LogP contribution in [0.1, 0.15) is 13.3 Å². The Hall–Kier alpha value is -0.650. The molecule has 0 aromatic rings. The van der Waals surface area contributed by atoms with Gasteiger partial charge in [-0.1, -0.05) is 6.92 Å². The van der Waals surface area contributed by atoms with Gasteiger partial charge in [-0.15, -0.1) is 0 Å². The van der Waals surface area contributed by atoms with Crippen LogP contribution < -0.4 is 11.1 Å². The second kappa shape index (κ2) is 4.72. The molecule has 82 valence electrons. The summed E-state index contributed by atoms with van der Waals surface area (Å²) in [5, 5.41) is 11.5. The molecule has 14 heavy (non-hydrogen) atoms. The molecule has 1 saturated heterocycles. The standard InChI is InChI=1S/C9H18N2O3/c1-7(5-12)4-11-8(13)9(10)2-3-14-6-9/h7,12H,2-6,10H2,1H3,(H,11,13). The molecule has 0 bridgehead atoms. The summed E-state index contributed by atoms with van der Waals surface area (Å²) in [6, 6.07) is 0. The number of nitrogens with two attached hydrogens (primary N) is 1. The molecule has 1 rings (SSSR count). The fraction of sp³-hybridized carbons (Fsp3) is 0.889. The van der Waals surface area contributed by atoms with Gasteiger partial charge in [0.2, 0.25) is 5.91 Å². The minimum absolute atomic E-state index is 0.0601. The van der Waals surface area contributed by atoms with Crippen LogP contribution in [0.3, 0.4) is 0 Å². The predicted octanol–water partition coefficient (Wildman–Crippen LogP) is -1.15. The average molecular weight is 202 g/mol. The largest absolute Gasteiger partial charge is 0.396 e. The summed E-state index contributed by atoms with van der Waals surface area (Å²) in [7, 11) is 0. The Labute approximate surface area is 83.6 Å². The number of carbonyl (C=O) groups excluding carboxylic acids is 1. The molecule has 2 unspecified atom stereocenters. The van der Waals surface area contributed by atoms with Crippen molar-refractivity contribution in [2.24, 2.45) is 11.7 Å². The summed E-state index contributed by atoms with van der Waals surface area (Å²) in [5.74, 6) is -0.125. The molecule has 1 fully saturated rings. The first kappa shape index (κ1) is 11.4. The van der Waals surface area contributed by atoms with E-state index in [1.54, 1.807) is 0 Å². The first-order chi connectivity index (χ1) is 6.58. The fourth-order valence-electron chi connectivity index (χ4n) is 1.27. The predicted molar refractivity (Wildman–Crippen MR) is 51.6 cm³/mol. The molecule has 4 N–H and O–H groups in total. The topological polar surface area (TPSA) is 84.6 Å². The Morgan fingerprint density at radius 3 is 3.00 bits per heavy atom. The third-order valence-corrected chi connectivity index (χ3v) is 2.43. The van der Waals surface area contributed by atoms with Gasteiger partial charge in [-0.2, -0.15) is 0 Å². The lowest BCUT2D eigenvalue weighted by Crippen LogP contribution is -2.55. The Morgan fingerprint density at radius 2 is 2.50 bits per heavy atom. The molecule has 1 aliphatic heterocycles. The van der Waals surface area contributed by atoms with Crippen LogP contribution in [0.2, 0.25) is 0 Å². The van der Waals surface area contributed by atoms with Gasteiger partial charge in [-0.25, -0.2) is 0 Å². The first-order valence-corrected chi connectivity index (χ1v) is 4.84. The van der Waals surface area contributed by atoms with Gasteiger partial charge in [-0.3, -0.25) is 4.79 Å². The van der Waals surface area contributed by atoms with E-state index in [-0.39, 0.29) is 25.0 Å². The normalized spacial score (nSPS) is 28.8. The van der Waals surface area contributed by atoms with Gasteiger partial charge < -0.3 is 20.9 Å². The molecule has 0 aromatic carbocycles. The molecule has 0 aliphatic carbocycles. The van der Waals surface area contributed by atoms with Gasteiger partial charge in [0.1, 0.15) is 5.54 Å². The van der Waals surface area contributed by atoms with Crippen LogP contribution in [0.5, 0.6) is 0 Å². The van der Waals surface area contributed by atoms with E-state index < -0.39 is 5.54 Å². The van der Waals surface area contributed by atoms with E-state index in [0.29, 0.717) is 19.6 Å². The molecule has 0 spiro atoms. The van der Waals surface area contributed by atoms with Gasteiger partial charge in [0.05, 0.1) is 6.61 Å². The van der Waals surface area contributed by atoms with E-state index in [1.165, 1.54) is 0 Å². The van der Waals surface area contributed by atoms with Crippen molar-refractivity contribution in [1.82, 2.24) is 5.32 Å². The summed E-state index contributed by atoms with van der Waals surface area (Å²) in [5.41, 5.74) is 4.96. The second-order valence-corrected chi connectivity index (χ2v) is 3.96. The summed E-state index contributed by atoms with van der Waals surface area (Å²) < 4.78 is 5.08. The summed E-state index contributed by atoms with van der Waals surface area (Å²) in [4.78, 5) is 11.6. The van der Waals surface area contributed by atoms with E-state index in [9.17, 15) is 4.79 Å². The number of hydrogen-bond donors (Lipinski definition) is 3. The second-order valence-electron chi connectivity index (χ2n) is 3.96. The van der Waals surface area contributed by atoms with Gasteiger partial charge in [-0.05, 0) is 12.3 Å². The zero-order valence-electron chi connectivity index (χ0n) is 8.45. The number of nitrogens with one attached hydrogen (secondary N) is 1. The van der Waals surface area contributed by atoms with Crippen molar-refractivity contribution in [2.75, 3.05) is 26.4 Å². The van der Waals surface area contributed by atoms with E-state index in [2.05, 4.69) is 5.32 Å². The Balaban J connectivity index is 2.34. The molecule has 5 nitrogen and oxygen atoms in total. The number of aliphatic hydroxyl groups is 1. The van der Waals surface area contributed by atoms with Crippen LogP contribution in [0.15, 0.2) is 0 Å². The quantitative estimate of drug-likeness (QED) is 0.537. The molecular weight excluding hydrogens is 184 g/mol. The first-order valence-electron chi connectivity index (χ1n) is 4.84. The highest BCUT2D eigenvalue weighted by molar-refractivity contribution is 5.86. The zero-order chi connectivity index (χ0) is 10.6. The number of hydrogen-bond acceptors (Lipinski definition) is 4. The number of amides is 1. The van der Waals surface area contributed by atoms with Crippen LogP contribution in [0, 0.1) is 5.92 Å².